The summed E-state index contributed by atoms with van der Waals surface area (Å²) in [5.41, 5.74) is 8.44. The zero-order valence-electron chi connectivity index (χ0n) is 11.1. The standard InChI is InChI=1S/C15H24N2/c1-15(2)9-5-11-17(15)10-4-7-13-6-3-8-14(16)12-13/h3,6,8,12H,4-5,7,9-11,16H2,1-2H3. The first-order valence-electron chi connectivity index (χ1n) is 6.67. The van der Waals surface area contributed by atoms with Crippen LogP contribution in [0, 0.1) is 0 Å². The van der Waals surface area contributed by atoms with E-state index in [2.05, 4.69) is 30.9 Å². The van der Waals surface area contributed by atoms with Crippen molar-refractivity contribution in [3.05, 3.63) is 29.8 Å². The predicted molar refractivity (Wildman–Crippen MR) is 74.1 cm³/mol. The molecule has 2 rings (SSSR count). The van der Waals surface area contributed by atoms with Crippen LogP contribution >= 0.6 is 0 Å². The van der Waals surface area contributed by atoms with Gasteiger partial charge in [-0.3, -0.25) is 4.90 Å². The fourth-order valence-corrected chi connectivity index (χ4v) is 2.80. The van der Waals surface area contributed by atoms with Gasteiger partial charge in [-0.2, -0.15) is 0 Å². The lowest BCUT2D eigenvalue weighted by molar-refractivity contribution is 0.173. The highest BCUT2D eigenvalue weighted by Gasteiger charge is 2.30. The maximum atomic E-state index is 5.79. The molecule has 1 aromatic carbocycles. The van der Waals surface area contributed by atoms with Gasteiger partial charge in [0, 0.05) is 11.2 Å². The van der Waals surface area contributed by atoms with Crippen molar-refractivity contribution in [2.45, 2.75) is 45.1 Å². The van der Waals surface area contributed by atoms with Crippen molar-refractivity contribution in [1.29, 1.82) is 0 Å². The summed E-state index contributed by atoms with van der Waals surface area (Å²) < 4.78 is 0. The molecule has 1 saturated heterocycles. The summed E-state index contributed by atoms with van der Waals surface area (Å²) >= 11 is 0. The van der Waals surface area contributed by atoms with Crippen LogP contribution in [-0.2, 0) is 6.42 Å². The van der Waals surface area contributed by atoms with Gasteiger partial charge >= 0.3 is 0 Å². The molecule has 0 amide bonds. The van der Waals surface area contributed by atoms with E-state index in [9.17, 15) is 0 Å². The highest BCUT2D eigenvalue weighted by atomic mass is 15.2. The number of anilines is 1. The SMILES string of the molecule is CC1(C)CCCN1CCCc1cccc(N)c1. The molecule has 0 spiro atoms. The molecule has 1 fully saturated rings. The molecular weight excluding hydrogens is 208 g/mol. The van der Waals surface area contributed by atoms with Gasteiger partial charge in [0.25, 0.3) is 0 Å². The van der Waals surface area contributed by atoms with Crippen LogP contribution < -0.4 is 5.73 Å². The Bertz CT molecular complexity index is 371. The van der Waals surface area contributed by atoms with Crippen LogP contribution in [0.5, 0.6) is 0 Å². The molecule has 1 aromatic rings. The molecule has 1 heterocycles. The van der Waals surface area contributed by atoms with E-state index in [0.29, 0.717) is 5.54 Å². The van der Waals surface area contributed by atoms with E-state index in [1.165, 1.54) is 37.9 Å². The molecule has 17 heavy (non-hydrogen) atoms. The number of rotatable bonds is 4. The van der Waals surface area contributed by atoms with Gasteiger partial charge in [-0.1, -0.05) is 12.1 Å². The molecule has 94 valence electrons. The van der Waals surface area contributed by atoms with Crippen molar-refractivity contribution < 1.29 is 0 Å². The molecule has 0 radical (unpaired) electrons. The molecule has 0 bridgehead atoms. The van der Waals surface area contributed by atoms with Crippen molar-refractivity contribution in [3.8, 4) is 0 Å². The lowest BCUT2D eigenvalue weighted by Gasteiger charge is -2.31. The lowest BCUT2D eigenvalue weighted by atomic mass is 10.0. The first-order chi connectivity index (χ1) is 8.08. The van der Waals surface area contributed by atoms with Crippen LogP contribution in [0.15, 0.2) is 24.3 Å². The maximum Gasteiger partial charge on any atom is 0.0316 e. The summed E-state index contributed by atoms with van der Waals surface area (Å²) in [5.74, 6) is 0. The van der Waals surface area contributed by atoms with E-state index in [0.717, 1.165) is 12.1 Å². The van der Waals surface area contributed by atoms with Gasteiger partial charge in [0.1, 0.15) is 0 Å². The van der Waals surface area contributed by atoms with Crippen molar-refractivity contribution in [2.24, 2.45) is 0 Å². The Balaban J connectivity index is 1.80. The molecule has 0 aliphatic carbocycles. The summed E-state index contributed by atoms with van der Waals surface area (Å²) in [6.45, 7) is 7.20. The quantitative estimate of drug-likeness (QED) is 0.808. The number of hydrogen-bond donors (Lipinski definition) is 1. The fourth-order valence-electron chi connectivity index (χ4n) is 2.80. The van der Waals surface area contributed by atoms with Crippen molar-refractivity contribution in [1.82, 2.24) is 4.90 Å². The number of benzene rings is 1. The maximum absolute atomic E-state index is 5.79. The monoisotopic (exact) mass is 232 g/mol. The molecule has 0 atom stereocenters. The van der Waals surface area contributed by atoms with E-state index in [4.69, 9.17) is 5.73 Å². The molecule has 2 N–H and O–H groups in total. The van der Waals surface area contributed by atoms with Crippen LogP contribution in [0.2, 0.25) is 0 Å². The van der Waals surface area contributed by atoms with Crippen LogP contribution in [0.4, 0.5) is 5.69 Å². The number of likely N-dealkylation sites (tertiary alicyclic amines) is 1. The first kappa shape index (κ1) is 12.4. The van der Waals surface area contributed by atoms with E-state index < -0.39 is 0 Å². The number of aryl methyl sites for hydroxylation is 1. The fraction of sp³-hybridized carbons (Fsp3) is 0.600. The van der Waals surface area contributed by atoms with Crippen LogP contribution in [0.25, 0.3) is 0 Å². The zero-order chi connectivity index (χ0) is 12.3. The van der Waals surface area contributed by atoms with Gasteiger partial charge < -0.3 is 5.73 Å². The summed E-state index contributed by atoms with van der Waals surface area (Å²) in [7, 11) is 0. The average Bonchev–Trinajstić information content (AvgIpc) is 2.58. The Morgan fingerprint density at radius 2 is 2.18 bits per heavy atom. The second-order valence-electron chi connectivity index (χ2n) is 5.75. The highest BCUT2D eigenvalue weighted by Crippen LogP contribution is 2.28. The van der Waals surface area contributed by atoms with Gasteiger partial charge in [-0.05, 0) is 70.3 Å². The van der Waals surface area contributed by atoms with Crippen LogP contribution in [-0.4, -0.2) is 23.5 Å². The summed E-state index contributed by atoms with van der Waals surface area (Å²) in [6.07, 6.45) is 5.06. The van der Waals surface area contributed by atoms with E-state index >= 15 is 0 Å². The Hall–Kier alpha value is -1.02. The molecule has 2 nitrogen and oxygen atoms in total. The Morgan fingerprint density at radius 1 is 1.35 bits per heavy atom. The zero-order valence-corrected chi connectivity index (χ0v) is 11.1. The van der Waals surface area contributed by atoms with Crippen molar-refractivity contribution in [2.75, 3.05) is 18.8 Å². The molecule has 0 saturated carbocycles. The Morgan fingerprint density at radius 3 is 2.82 bits per heavy atom. The number of nitrogens with two attached hydrogens (primary N) is 1. The minimum atomic E-state index is 0.412. The molecule has 0 aromatic heterocycles. The van der Waals surface area contributed by atoms with E-state index in [-0.39, 0.29) is 0 Å². The Labute approximate surface area is 105 Å². The lowest BCUT2D eigenvalue weighted by Crippen LogP contribution is -2.38. The summed E-state index contributed by atoms with van der Waals surface area (Å²) in [4.78, 5) is 2.62. The van der Waals surface area contributed by atoms with Gasteiger partial charge in [0.2, 0.25) is 0 Å². The van der Waals surface area contributed by atoms with Crippen LogP contribution in [0.3, 0.4) is 0 Å². The van der Waals surface area contributed by atoms with E-state index in [1.807, 2.05) is 12.1 Å². The molecular formula is C15H24N2. The van der Waals surface area contributed by atoms with Crippen molar-refractivity contribution >= 4 is 5.69 Å². The average molecular weight is 232 g/mol. The van der Waals surface area contributed by atoms with Gasteiger partial charge in [-0.15, -0.1) is 0 Å². The predicted octanol–water partition coefficient (Wildman–Crippen LogP) is 3.08. The number of nitrogens with zero attached hydrogens (tertiary/aromatic N) is 1. The summed E-state index contributed by atoms with van der Waals surface area (Å²) in [5, 5.41) is 0. The second kappa shape index (κ2) is 5.09. The minimum Gasteiger partial charge on any atom is -0.399 e. The van der Waals surface area contributed by atoms with Gasteiger partial charge in [-0.25, -0.2) is 0 Å². The topological polar surface area (TPSA) is 29.3 Å². The number of nitrogen functional groups attached to an aromatic ring is 1. The largest absolute Gasteiger partial charge is 0.399 e. The second-order valence-corrected chi connectivity index (χ2v) is 5.75. The molecule has 0 unspecified atom stereocenters. The third-order valence-corrected chi connectivity index (χ3v) is 3.92. The normalized spacial score (nSPS) is 19.6. The van der Waals surface area contributed by atoms with Gasteiger partial charge in [0.15, 0.2) is 0 Å². The molecule has 1 aliphatic rings. The van der Waals surface area contributed by atoms with Crippen molar-refractivity contribution in [3.63, 3.8) is 0 Å². The Kier molecular flexibility index (Phi) is 3.72. The van der Waals surface area contributed by atoms with Gasteiger partial charge in [0.05, 0.1) is 0 Å². The third kappa shape index (κ3) is 3.22. The first-order valence-corrected chi connectivity index (χ1v) is 6.67. The van der Waals surface area contributed by atoms with Crippen LogP contribution in [0.1, 0.15) is 38.7 Å². The van der Waals surface area contributed by atoms with E-state index in [1.54, 1.807) is 0 Å². The number of hydrogen-bond acceptors (Lipinski definition) is 2. The minimum absolute atomic E-state index is 0.412. The highest BCUT2D eigenvalue weighted by molar-refractivity contribution is 5.40. The molecule has 2 heteroatoms. The summed E-state index contributed by atoms with van der Waals surface area (Å²) in [6, 6.07) is 8.26. The molecule has 1 aliphatic heterocycles. The third-order valence-electron chi connectivity index (χ3n) is 3.92. The smallest absolute Gasteiger partial charge is 0.0316 e.